The van der Waals surface area contributed by atoms with E-state index in [-0.39, 0.29) is 0 Å². The largest absolute Gasteiger partial charge is 0.318 e. The van der Waals surface area contributed by atoms with Gasteiger partial charge in [-0.3, -0.25) is 0 Å². The standard InChI is InChI=1S/C27H25N2S/c1-4-28-26(30-25-16-14-21-10-8-9-13-24(21)27(25)28)17-15-22-18-19(2)29(20(22)3)23-11-6-5-7-12-23/h5-18H,4H2,1-3H3/q+1. The van der Waals surface area contributed by atoms with Crippen molar-refractivity contribution in [3.63, 3.8) is 0 Å². The van der Waals surface area contributed by atoms with Crippen LogP contribution in [-0.4, -0.2) is 4.57 Å². The lowest BCUT2D eigenvalue weighted by Crippen LogP contribution is -2.33. The first kappa shape index (κ1) is 18.8. The van der Waals surface area contributed by atoms with E-state index in [0.717, 1.165) is 6.54 Å². The second-order valence-corrected chi connectivity index (χ2v) is 8.71. The highest BCUT2D eigenvalue weighted by atomic mass is 32.1. The van der Waals surface area contributed by atoms with Crippen molar-refractivity contribution in [1.29, 1.82) is 0 Å². The van der Waals surface area contributed by atoms with Gasteiger partial charge in [-0.2, -0.15) is 4.57 Å². The zero-order chi connectivity index (χ0) is 20.7. The van der Waals surface area contributed by atoms with Gasteiger partial charge in [-0.15, -0.1) is 0 Å². The summed E-state index contributed by atoms with van der Waals surface area (Å²) in [6.07, 6.45) is 4.54. The molecule has 0 aliphatic rings. The summed E-state index contributed by atoms with van der Waals surface area (Å²) in [5.41, 5.74) is 6.34. The van der Waals surface area contributed by atoms with Crippen LogP contribution in [0.3, 0.4) is 0 Å². The summed E-state index contributed by atoms with van der Waals surface area (Å²) in [4.78, 5) is 0. The molecule has 0 unspecified atom stereocenters. The monoisotopic (exact) mass is 409 g/mol. The summed E-state index contributed by atoms with van der Waals surface area (Å²) in [5.74, 6) is 0. The first-order valence-electron chi connectivity index (χ1n) is 10.4. The molecule has 3 aromatic carbocycles. The van der Waals surface area contributed by atoms with Gasteiger partial charge < -0.3 is 4.57 Å². The fourth-order valence-corrected chi connectivity index (χ4v) is 5.55. The predicted molar refractivity (Wildman–Crippen MR) is 129 cm³/mol. The molecule has 0 saturated heterocycles. The molecule has 0 bridgehead atoms. The van der Waals surface area contributed by atoms with Gasteiger partial charge in [0, 0.05) is 23.2 Å². The van der Waals surface area contributed by atoms with Gasteiger partial charge in [-0.1, -0.05) is 53.8 Å². The molecule has 2 aromatic heterocycles. The highest BCUT2D eigenvalue weighted by Crippen LogP contribution is 2.29. The van der Waals surface area contributed by atoms with Crippen LogP contribution < -0.4 is 4.57 Å². The van der Waals surface area contributed by atoms with Crippen LogP contribution in [0.25, 0.3) is 38.8 Å². The molecule has 0 N–H and O–H groups in total. The second-order valence-electron chi connectivity index (χ2n) is 7.65. The number of para-hydroxylation sites is 1. The minimum absolute atomic E-state index is 0.955. The summed E-state index contributed by atoms with van der Waals surface area (Å²) >= 11 is 1.87. The third kappa shape index (κ3) is 3.06. The van der Waals surface area contributed by atoms with Crippen molar-refractivity contribution in [2.45, 2.75) is 27.3 Å². The minimum atomic E-state index is 0.955. The summed E-state index contributed by atoms with van der Waals surface area (Å²) in [6, 6.07) is 26.0. The van der Waals surface area contributed by atoms with Crippen molar-refractivity contribution in [2.24, 2.45) is 0 Å². The summed E-state index contributed by atoms with van der Waals surface area (Å²) in [6.45, 7) is 7.56. The molecule has 5 aromatic rings. The Morgan fingerprint density at radius 1 is 0.900 bits per heavy atom. The first-order chi connectivity index (χ1) is 14.7. The van der Waals surface area contributed by atoms with Crippen molar-refractivity contribution in [3.8, 4) is 5.69 Å². The van der Waals surface area contributed by atoms with Gasteiger partial charge in [-0.25, -0.2) is 0 Å². The number of thiazole rings is 1. The van der Waals surface area contributed by atoms with Crippen LogP contribution >= 0.6 is 11.3 Å². The van der Waals surface area contributed by atoms with Crippen LogP contribution in [0.2, 0.25) is 0 Å². The zero-order valence-corrected chi connectivity index (χ0v) is 18.4. The highest BCUT2D eigenvalue weighted by molar-refractivity contribution is 7.19. The van der Waals surface area contributed by atoms with Gasteiger partial charge in [0.25, 0.3) is 5.01 Å². The van der Waals surface area contributed by atoms with E-state index in [2.05, 4.69) is 115 Å². The number of rotatable bonds is 4. The number of hydrogen-bond donors (Lipinski definition) is 0. The zero-order valence-electron chi connectivity index (χ0n) is 17.6. The topological polar surface area (TPSA) is 8.81 Å². The van der Waals surface area contributed by atoms with E-state index >= 15 is 0 Å². The van der Waals surface area contributed by atoms with Crippen molar-refractivity contribution >= 4 is 44.5 Å². The number of benzene rings is 3. The number of hydrogen-bond acceptors (Lipinski definition) is 1. The molecule has 0 atom stereocenters. The van der Waals surface area contributed by atoms with E-state index in [1.165, 1.54) is 48.6 Å². The average molecular weight is 410 g/mol. The normalized spacial score (nSPS) is 11.8. The van der Waals surface area contributed by atoms with Crippen LogP contribution in [-0.2, 0) is 6.54 Å². The van der Waals surface area contributed by atoms with Crippen molar-refractivity contribution in [3.05, 3.63) is 94.8 Å². The van der Waals surface area contributed by atoms with Crippen LogP contribution in [0.4, 0.5) is 0 Å². The Kier molecular flexibility index (Phi) is 4.76. The average Bonchev–Trinajstić information content (AvgIpc) is 3.28. The van der Waals surface area contributed by atoms with Crippen molar-refractivity contribution in [1.82, 2.24) is 4.57 Å². The quantitative estimate of drug-likeness (QED) is 0.284. The lowest BCUT2D eigenvalue weighted by atomic mass is 10.1. The third-order valence-electron chi connectivity index (χ3n) is 5.82. The Bertz CT molecular complexity index is 1390. The van der Waals surface area contributed by atoms with Gasteiger partial charge >= 0.3 is 0 Å². The maximum absolute atomic E-state index is 2.44. The molecule has 3 heteroatoms. The van der Waals surface area contributed by atoms with E-state index in [0.29, 0.717) is 0 Å². The lowest BCUT2D eigenvalue weighted by Gasteiger charge is -2.09. The fraction of sp³-hybridized carbons (Fsp3) is 0.148. The predicted octanol–water partition coefficient (Wildman–Crippen LogP) is 6.94. The number of nitrogens with zero attached hydrogens (tertiary/aromatic N) is 2. The molecule has 0 aliphatic heterocycles. The molecule has 0 saturated carbocycles. The number of aromatic nitrogens is 2. The lowest BCUT2D eigenvalue weighted by molar-refractivity contribution is -0.664. The molecule has 2 nitrogen and oxygen atoms in total. The SMILES string of the molecule is CC[n+]1c(C=Cc2cc(C)n(-c3ccccc3)c2C)sc2ccc3ccccc3c21. The van der Waals surface area contributed by atoms with Crippen LogP contribution in [0.1, 0.15) is 28.9 Å². The van der Waals surface area contributed by atoms with Gasteiger partial charge in [0.15, 0.2) is 0 Å². The number of aryl methyl sites for hydroxylation is 2. The molecule has 0 aliphatic carbocycles. The third-order valence-corrected chi connectivity index (χ3v) is 6.94. The Hall–Kier alpha value is -3.17. The van der Waals surface area contributed by atoms with Gasteiger partial charge in [0.05, 0.1) is 5.39 Å². The smallest absolute Gasteiger partial charge is 0.262 e. The van der Waals surface area contributed by atoms with Gasteiger partial charge in [0.1, 0.15) is 11.2 Å². The Morgan fingerprint density at radius 3 is 2.47 bits per heavy atom. The fourth-order valence-electron chi connectivity index (χ4n) is 4.40. The van der Waals surface area contributed by atoms with E-state index in [1.54, 1.807) is 0 Å². The highest BCUT2D eigenvalue weighted by Gasteiger charge is 2.20. The van der Waals surface area contributed by atoms with E-state index in [1.807, 2.05) is 11.3 Å². The Labute approximate surface area is 181 Å². The molecule has 148 valence electrons. The maximum Gasteiger partial charge on any atom is 0.262 e. The summed E-state index contributed by atoms with van der Waals surface area (Å²) in [7, 11) is 0. The van der Waals surface area contributed by atoms with E-state index in [9.17, 15) is 0 Å². The number of fused-ring (bicyclic) bond motifs is 3. The molecule has 0 radical (unpaired) electrons. The molecule has 5 rings (SSSR count). The van der Waals surface area contributed by atoms with Crippen LogP contribution in [0.15, 0.2) is 72.8 Å². The molecule has 0 spiro atoms. The summed E-state index contributed by atoms with van der Waals surface area (Å²) < 4.78 is 6.10. The van der Waals surface area contributed by atoms with E-state index in [4.69, 9.17) is 0 Å². The van der Waals surface area contributed by atoms with Gasteiger partial charge in [0.2, 0.25) is 5.52 Å². The molecular weight excluding hydrogens is 384 g/mol. The van der Waals surface area contributed by atoms with Gasteiger partial charge in [-0.05, 0) is 68.1 Å². The van der Waals surface area contributed by atoms with Crippen molar-refractivity contribution in [2.75, 3.05) is 0 Å². The minimum Gasteiger partial charge on any atom is -0.318 e. The molecule has 0 fully saturated rings. The van der Waals surface area contributed by atoms with Crippen LogP contribution in [0, 0.1) is 13.8 Å². The van der Waals surface area contributed by atoms with E-state index < -0.39 is 0 Å². The first-order valence-corrected chi connectivity index (χ1v) is 11.3. The van der Waals surface area contributed by atoms with Crippen LogP contribution in [0.5, 0.6) is 0 Å². The Balaban J connectivity index is 1.61. The molecule has 2 heterocycles. The summed E-state index contributed by atoms with van der Waals surface area (Å²) in [5, 5.41) is 3.91. The molecule has 30 heavy (non-hydrogen) atoms. The second kappa shape index (κ2) is 7.58. The van der Waals surface area contributed by atoms with Crippen molar-refractivity contribution < 1.29 is 4.57 Å². The molecule has 0 amide bonds. The Morgan fingerprint density at radius 2 is 1.67 bits per heavy atom. The maximum atomic E-state index is 2.44. The molecular formula is C27H25N2S+.